The van der Waals surface area contributed by atoms with Gasteiger partial charge in [0.1, 0.15) is 11.6 Å². The summed E-state index contributed by atoms with van der Waals surface area (Å²) in [7, 11) is 0. The molecule has 1 atom stereocenters. The van der Waals surface area contributed by atoms with Crippen LogP contribution in [0.3, 0.4) is 0 Å². The molecule has 1 fully saturated rings. The third-order valence-electron chi connectivity index (χ3n) is 7.27. The van der Waals surface area contributed by atoms with E-state index in [0.29, 0.717) is 17.9 Å². The molecule has 160 valence electrons. The summed E-state index contributed by atoms with van der Waals surface area (Å²) in [5.74, 6) is 1.14. The van der Waals surface area contributed by atoms with E-state index in [-0.39, 0.29) is 5.82 Å². The number of para-hydroxylation sites is 1. The molecule has 30 heavy (non-hydrogen) atoms. The van der Waals surface area contributed by atoms with Crippen LogP contribution >= 0.6 is 0 Å². The van der Waals surface area contributed by atoms with Gasteiger partial charge in [-0.15, -0.1) is 0 Å². The molecule has 1 saturated carbocycles. The first-order chi connectivity index (χ1) is 14.7. The van der Waals surface area contributed by atoms with Crippen molar-refractivity contribution < 1.29 is 9.13 Å². The Kier molecular flexibility index (Phi) is 5.44. The van der Waals surface area contributed by atoms with E-state index in [1.807, 2.05) is 0 Å². The zero-order chi connectivity index (χ0) is 20.6. The van der Waals surface area contributed by atoms with Crippen LogP contribution in [0.1, 0.15) is 56.1 Å². The van der Waals surface area contributed by atoms with Crippen molar-refractivity contribution in [1.29, 1.82) is 0 Å². The van der Waals surface area contributed by atoms with E-state index >= 15 is 0 Å². The van der Waals surface area contributed by atoms with Crippen molar-refractivity contribution in [3.8, 4) is 5.75 Å². The van der Waals surface area contributed by atoms with Crippen molar-refractivity contribution >= 4 is 5.69 Å². The Bertz CT molecular complexity index is 877. The second kappa shape index (κ2) is 8.22. The normalized spacial score (nSPS) is 20.6. The summed E-state index contributed by atoms with van der Waals surface area (Å²) in [6.07, 6.45) is 6.28. The lowest BCUT2D eigenvalue weighted by Crippen LogP contribution is -2.35. The molecule has 0 N–H and O–H groups in total. The van der Waals surface area contributed by atoms with Crippen LogP contribution in [0.4, 0.5) is 10.1 Å². The molecule has 2 aromatic rings. The van der Waals surface area contributed by atoms with E-state index in [1.165, 1.54) is 50.9 Å². The van der Waals surface area contributed by atoms with Crippen LogP contribution in [0.2, 0.25) is 0 Å². The minimum absolute atomic E-state index is 0.220. The fourth-order valence-corrected chi connectivity index (χ4v) is 5.57. The van der Waals surface area contributed by atoms with E-state index in [0.717, 1.165) is 31.8 Å². The van der Waals surface area contributed by atoms with Gasteiger partial charge in [-0.1, -0.05) is 25.1 Å². The van der Waals surface area contributed by atoms with Crippen LogP contribution in [0.15, 0.2) is 42.5 Å². The molecule has 3 nitrogen and oxygen atoms in total. The summed E-state index contributed by atoms with van der Waals surface area (Å²) in [4.78, 5) is 5.28. The third-order valence-corrected chi connectivity index (χ3v) is 7.27. The number of fused-ring (bicyclic) bond motifs is 1. The smallest absolute Gasteiger partial charge is 0.123 e. The molecule has 5 rings (SSSR count). The van der Waals surface area contributed by atoms with Gasteiger partial charge in [-0.2, -0.15) is 0 Å². The molecule has 3 aliphatic rings. The summed E-state index contributed by atoms with van der Waals surface area (Å²) in [6.45, 7) is 8.65. The largest absolute Gasteiger partial charge is 0.494 e. The van der Waals surface area contributed by atoms with Gasteiger partial charge >= 0.3 is 0 Å². The standard InChI is InChI=1S/C26H33FN2O/c1-2-14-28(15-4-17-30-22-9-7-21(27)8-10-22)18-20-19-29-16-13-26(11-12-26)24-6-3-5-23(20)25(24)29/h3,5-10,20H,2,4,11-19H2,1H3/t20-/m1/s1. The summed E-state index contributed by atoms with van der Waals surface area (Å²) in [5, 5.41) is 0. The maximum atomic E-state index is 13.0. The van der Waals surface area contributed by atoms with Gasteiger partial charge in [-0.3, -0.25) is 0 Å². The number of halogens is 1. The molecular formula is C26H33FN2O. The van der Waals surface area contributed by atoms with Gasteiger partial charge in [0.2, 0.25) is 0 Å². The molecule has 0 amide bonds. The van der Waals surface area contributed by atoms with E-state index in [1.54, 1.807) is 28.9 Å². The van der Waals surface area contributed by atoms with E-state index in [9.17, 15) is 4.39 Å². The Balaban J connectivity index is 1.20. The molecule has 2 aromatic carbocycles. The number of hydrogen-bond donors (Lipinski definition) is 0. The molecule has 2 heterocycles. The lowest BCUT2D eigenvalue weighted by atomic mass is 9.85. The zero-order valence-electron chi connectivity index (χ0n) is 18.1. The second-order valence-electron chi connectivity index (χ2n) is 9.37. The van der Waals surface area contributed by atoms with Gasteiger partial charge in [0.05, 0.1) is 6.61 Å². The molecule has 1 aliphatic carbocycles. The van der Waals surface area contributed by atoms with Crippen LogP contribution in [0, 0.1) is 5.82 Å². The average molecular weight is 409 g/mol. The maximum Gasteiger partial charge on any atom is 0.123 e. The Labute approximate surface area is 179 Å². The molecule has 0 aromatic heterocycles. The highest BCUT2D eigenvalue weighted by molar-refractivity contribution is 5.70. The van der Waals surface area contributed by atoms with Crippen molar-refractivity contribution in [1.82, 2.24) is 4.90 Å². The third kappa shape index (κ3) is 3.82. The summed E-state index contributed by atoms with van der Waals surface area (Å²) in [5.41, 5.74) is 5.34. The maximum absolute atomic E-state index is 13.0. The van der Waals surface area contributed by atoms with Gasteiger partial charge in [-0.25, -0.2) is 4.39 Å². The first-order valence-electron chi connectivity index (χ1n) is 11.7. The average Bonchev–Trinajstić information content (AvgIpc) is 3.45. The van der Waals surface area contributed by atoms with Crippen molar-refractivity contribution in [3.63, 3.8) is 0 Å². The van der Waals surface area contributed by atoms with Crippen molar-refractivity contribution in [2.75, 3.05) is 44.2 Å². The number of benzene rings is 2. The molecule has 0 bridgehead atoms. The highest BCUT2D eigenvalue weighted by Gasteiger charge is 2.50. The lowest BCUT2D eigenvalue weighted by molar-refractivity contribution is 0.225. The zero-order valence-corrected chi connectivity index (χ0v) is 18.1. The SMILES string of the molecule is CCCN(CCCOc1ccc(F)cc1)C[C@@H]1CN2CCC3(CC3)c3cccc1c32. The quantitative estimate of drug-likeness (QED) is 0.521. The summed E-state index contributed by atoms with van der Waals surface area (Å²) < 4.78 is 18.8. The van der Waals surface area contributed by atoms with Crippen LogP contribution in [0.25, 0.3) is 0 Å². The minimum Gasteiger partial charge on any atom is -0.494 e. The Hall–Kier alpha value is -2.07. The summed E-state index contributed by atoms with van der Waals surface area (Å²) >= 11 is 0. The topological polar surface area (TPSA) is 15.7 Å². The van der Waals surface area contributed by atoms with Crippen LogP contribution in [-0.4, -0.2) is 44.2 Å². The fraction of sp³-hybridized carbons (Fsp3) is 0.538. The van der Waals surface area contributed by atoms with Crippen molar-refractivity contribution in [2.24, 2.45) is 0 Å². The lowest BCUT2D eigenvalue weighted by Gasteiger charge is -2.33. The van der Waals surface area contributed by atoms with Gasteiger partial charge in [0, 0.05) is 37.8 Å². The first kappa shape index (κ1) is 19.9. The minimum atomic E-state index is -0.220. The summed E-state index contributed by atoms with van der Waals surface area (Å²) in [6, 6.07) is 13.4. The Morgan fingerprint density at radius 2 is 1.93 bits per heavy atom. The van der Waals surface area contributed by atoms with Gasteiger partial charge in [0.25, 0.3) is 0 Å². The van der Waals surface area contributed by atoms with Crippen molar-refractivity contribution in [2.45, 2.75) is 50.4 Å². The van der Waals surface area contributed by atoms with Crippen LogP contribution in [0.5, 0.6) is 5.75 Å². The highest BCUT2D eigenvalue weighted by atomic mass is 19.1. The molecule has 1 spiro atoms. The predicted octanol–water partition coefficient (Wildman–Crippen LogP) is 5.35. The van der Waals surface area contributed by atoms with Gasteiger partial charge < -0.3 is 14.5 Å². The molecule has 2 aliphatic heterocycles. The second-order valence-corrected chi connectivity index (χ2v) is 9.37. The fourth-order valence-electron chi connectivity index (χ4n) is 5.57. The van der Waals surface area contributed by atoms with Crippen LogP contribution < -0.4 is 9.64 Å². The molecule has 0 unspecified atom stereocenters. The molecular weight excluding hydrogens is 375 g/mol. The van der Waals surface area contributed by atoms with Gasteiger partial charge in [0.15, 0.2) is 0 Å². The van der Waals surface area contributed by atoms with E-state index < -0.39 is 0 Å². The highest BCUT2D eigenvalue weighted by Crippen LogP contribution is 2.59. The number of ether oxygens (including phenoxy) is 1. The Morgan fingerprint density at radius 3 is 2.70 bits per heavy atom. The number of rotatable bonds is 9. The van der Waals surface area contributed by atoms with E-state index in [4.69, 9.17) is 4.74 Å². The predicted molar refractivity (Wildman–Crippen MR) is 120 cm³/mol. The number of hydrogen-bond acceptors (Lipinski definition) is 3. The number of nitrogens with zero attached hydrogens (tertiary/aromatic N) is 2. The van der Waals surface area contributed by atoms with Gasteiger partial charge in [-0.05, 0) is 79.5 Å². The molecule has 0 radical (unpaired) electrons. The first-order valence-corrected chi connectivity index (χ1v) is 11.7. The Morgan fingerprint density at radius 1 is 1.10 bits per heavy atom. The number of anilines is 1. The van der Waals surface area contributed by atoms with Crippen LogP contribution in [-0.2, 0) is 5.41 Å². The van der Waals surface area contributed by atoms with E-state index in [2.05, 4.69) is 34.9 Å². The molecule has 4 heteroatoms. The monoisotopic (exact) mass is 408 g/mol. The van der Waals surface area contributed by atoms with Crippen molar-refractivity contribution in [3.05, 3.63) is 59.4 Å². The molecule has 0 saturated heterocycles.